The first-order valence-corrected chi connectivity index (χ1v) is 19.7. The Morgan fingerprint density at radius 2 is 1.58 bits per heavy atom. The molecule has 1 aliphatic heterocycles. The van der Waals surface area contributed by atoms with Crippen molar-refractivity contribution >= 4 is 39.4 Å². The van der Waals surface area contributed by atoms with Gasteiger partial charge in [0, 0.05) is 18.8 Å². The van der Waals surface area contributed by atoms with Crippen LogP contribution in [-0.4, -0.2) is 91.1 Å². The van der Waals surface area contributed by atoms with Crippen LogP contribution in [0, 0.1) is 22.7 Å². The summed E-state index contributed by atoms with van der Waals surface area (Å²) in [5, 5.41) is 11.2. The molecule has 13 heteroatoms. The number of ketones is 1. The van der Waals surface area contributed by atoms with Crippen molar-refractivity contribution < 1.29 is 32.4 Å². The second-order valence-electron chi connectivity index (χ2n) is 15.6. The highest BCUT2D eigenvalue weighted by Crippen LogP contribution is 2.72. The van der Waals surface area contributed by atoms with Crippen molar-refractivity contribution in [1.82, 2.24) is 26.2 Å². The maximum atomic E-state index is 14.5. The number of fused-ring (bicyclic) bond motifs is 3. The molecule has 0 aromatic rings. The zero-order valence-corrected chi connectivity index (χ0v) is 30.3. The Kier molecular flexibility index (Phi) is 11.7. The van der Waals surface area contributed by atoms with Gasteiger partial charge in [-0.3, -0.25) is 19.2 Å². The Morgan fingerprint density at radius 1 is 0.958 bits per heavy atom. The third-order valence-corrected chi connectivity index (χ3v) is 13.1. The number of carbonyl (C=O) groups is 5. The minimum Gasteiger partial charge on any atom is -0.346 e. The van der Waals surface area contributed by atoms with Crippen molar-refractivity contribution in [3.05, 3.63) is 12.7 Å². The lowest BCUT2D eigenvalue weighted by molar-refractivity contribution is -0.145. The molecule has 4 N–H and O–H groups in total. The van der Waals surface area contributed by atoms with E-state index >= 15 is 0 Å². The number of urea groups is 1. The van der Waals surface area contributed by atoms with Crippen LogP contribution in [0.5, 0.6) is 0 Å². The predicted octanol–water partition coefficient (Wildman–Crippen LogP) is 3.01. The Morgan fingerprint density at radius 3 is 2.15 bits per heavy atom. The van der Waals surface area contributed by atoms with Crippen LogP contribution in [0.4, 0.5) is 4.79 Å². The molecule has 0 radical (unpaired) electrons. The summed E-state index contributed by atoms with van der Waals surface area (Å²) in [6, 6.07) is -3.48. The molecule has 3 aliphatic carbocycles. The van der Waals surface area contributed by atoms with Gasteiger partial charge in [-0.15, -0.1) is 6.58 Å². The molecule has 1 heterocycles. The maximum Gasteiger partial charge on any atom is 0.315 e. The number of hydrogen-bond acceptors (Lipinski definition) is 7. The van der Waals surface area contributed by atoms with Gasteiger partial charge in [-0.1, -0.05) is 79.2 Å². The number of likely N-dealkylation sites (tertiary alicyclic amines) is 1. The molecule has 4 fully saturated rings. The Bertz CT molecular complexity index is 1360. The molecule has 12 nitrogen and oxygen atoms in total. The van der Waals surface area contributed by atoms with Crippen LogP contribution in [0.25, 0.3) is 0 Å². The van der Waals surface area contributed by atoms with E-state index in [0.717, 1.165) is 44.9 Å². The lowest BCUT2D eigenvalue weighted by atomic mass is 9.83. The highest BCUT2D eigenvalue weighted by molar-refractivity contribution is 7.91. The first-order valence-electron chi connectivity index (χ1n) is 17.9. The molecule has 1 saturated heterocycles. The molecule has 5 amide bonds. The van der Waals surface area contributed by atoms with Crippen molar-refractivity contribution in [3.63, 3.8) is 0 Å². The van der Waals surface area contributed by atoms with Gasteiger partial charge in [0.1, 0.15) is 12.1 Å². The molecule has 4 aliphatic rings. The molecule has 4 rings (SSSR count). The van der Waals surface area contributed by atoms with Crippen molar-refractivity contribution in [2.45, 2.75) is 129 Å². The van der Waals surface area contributed by atoms with E-state index in [-0.39, 0.29) is 47.6 Å². The average molecular weight is 692 g/mol. The lowest BCUT2D eigenvalue weighted by Gasteiger charge is -2.40. The third kappa shape index (κ3) is 8.08. The fourth-order valence-corrected chi connectivity index (χ4v) is 10.1. The van der Waals surface area contributed by atoms with E-state index in [1.54, 1.807) is 11.8 Å². The van der Waals surface area contributed by atoms with E-state index < -0.39 is 62.5 Å². The van der Waals surface area contributed by atoms with Crippen LogP contribution in [0.3, 0.4) is 0 Å². The summed E-state index contributed by atoms with van der Waals surface area (Å²) in [4.78, 5) is 69.5. The van der Waals surface area contributed by atoms with Crippen LogP contribution < -0.4 is 21.3 Å². The van der Waals surface area contributed by atoms with E-state index in [4.69, 9.17) is 0 Å². The van der Waals surface area contributed by atoms with Crippen molar-refractivity contribution in [3.8, 4) is 0 Å². The van der Waals surface area contributed by atoms with Crippen LogP contribution >= 0.6 is 0 Å². The van der Waals surface area contributed by atoms with Crippen LogP contribution in [0.2, 0.25) is 0 Å². The molecule has 2 unspecified atom stereocenters. The number of nitrogens with zero attached hydrogens (tertiary/aromatic N) is 1. The van der Waals surface area contributed by atoms with Gasteiger partial charge in [0.25, 0.3) is 5.91 Å². The number of nitrogens with one attached hydrogen (secondary N) is 4. The van der Waals surface area contributed by atoms with Crippen molar-refractivity contribution in [1.29, 1.82) is 0 Å². The summed E-state index contributed by atoms with van der Waals surface area (Å²) >= 11 is 0. The third-order valence-electron chi connectivity index (χ3n) is 11.2. The van der Waals surface area contributed by atoms with Crippen LogP contribution in [0.1, 0.15) is 105 Å². The summed E-state index contributed by atoms with van der Waals surface area (Å²) in [5.74, 6) is -2.46. The molecule has 0 aromatic heterocycles. The van der Waals surface area contributed by atoms with E-state index in [1.807, 2.05) is 27.7 Å². The van der Waals surface area contributed by atoms with Crippen molar-refractivity contribution in [2.24, 2.45) is 22.7 Å². The van der Waals surface area contributed by atoms with Gasteiger partial charge in [-0.25, -0.2) is 13.2 Å². The fraction of sp³-hybridized carbons (Fsp3) is 0.800. The highest BCUT2D eigenvalue weighted by atomic mass is 32.2. The number of amides is 5. The van der Waals surface area contributed by atoms with Gasteiger partial charge < -0.3 is 26.2 Å². The summed E-state index contributed by atoms with van der Waals surface area (Å²) < 4.78 is 25.4. The average Bonchev–Trinajstić information content (AvgIpc) is 3.34. The summed E-state index contributed by atoms with van der Waals surface area (Å²) in [6.07, 6.45) is 10.0. The first kappa shape index (κ1) is 37.9. The van der Waals surface area contributed by atoms with E-state index in [0.29, 0.717) is 25.8 Å². The van der Waals surface area contributed by atoms with Gasteiger partial charge >= 0.3 is 6.03 Å². The molecule has 48 heavy (non-hydrogen) atoms. The van der Waals surface area contributed by atoms with E-state index in [1.165, 1.54) is 6.08 Å². The number of hydrogen-bond donors (Lipinski definition) is 4. The quantitative estimate of drug-likeness (QED) is 0.160. The monoisotopic (exact) mass is 691 g/mol. The van der Waals surface area contributed by atoms with Gasteiger partial charge in [0.2, 0.25) is 17.6 Å². The number of carbonyl (C=O) groups excluding carboxylic acids is 5. The summed E-state index contributed by atoms with van der Waals surface area (Å²) in [6.45, 7) is 13.1. The molecular formula is C35H57N5O7S. The van der Waals surface area contributed by atoms with Gasteiger partial charge in [0.05, 0.1) is 17.3 Å². The number of piperidine rings is 1. The number of sulfone groups is 1. The molecule has 5 atom stereocenters. The summed E-state index contributed by atoms with van der Waals surface area (Å²) in [5.41, 5.74) is -1.66. The highest BCUT2D eigenvalue weighted by Gasteiger charge is 2.74. The second kappa shape index (κ2) is 14.9. The molecule has 0 bridgehead atoms. The van der Waals surface area contributed by atoms with Gasteiger partial charge in [-0.05, 0) is 54.8 Å². The van der Waals surface area contributed by atoms with Crippen LogP contribution in [-0.2, 0) is 29.0 Å². The normalized spacial score (nSPS) is 25.4. The maximum absolute atomic E-state index is 14.5. The smallest absolute Gasteiger partial charge is 0.315 e. The SMILES string of the molecule is C=CCNC(=O)C(=O)C(CCC)NC(=O)[C@@H]1[C@@H]2C(CN1C(=O)[C@@H](NC(=O)NC1(CS(=O)(=O)CC)CCCCC1)C(C)(C)C)C21CCCC1. The minimum atomic E-state index is -3.38. The zero-order chi connectivity index (χ0) is 35.5. The number of Topliss-reactive ketones (excluding diaryl/α,β-unsaturated/α-hetero) is 1. The molecule has 3 saturated carbocycles. The topological polar surface area (TPSA) is 171 Å². The standard InChI is InChI=1S/C35H57N5O7S/c1-7-15-24(27(41)30(43)36-20-8-2)37-29(42)26-25-23(35(25)18-13-14-19-35)21-40(26)31(44)28(33(4,5)6)38-32(45)39-34(16-11-10-12-17-34)22-48(46,47)9-3/h8,23-26,28H,2,7,9-22H2,1,3-6H3,(H,36,43)(H,37,42)(H2,38,39,45)/t23?,24?,25-,26-,28+/m0/s1. The Labute approximate surface area is 286 Å². The second-order valence-corrected chi connectivity index (χ2v) is 18.0. The number of rotatable bonds is 14. The van der Waals surface area contributed by atoms with E-state index in [2.05, 4.69) is 27.8 Å². The minimum absolute atomic E-state index is 0.00938. The Hall–Kier alpha value is -2.96. The Balaban J connectivity index is 1.57. The zero-order valence-electron chi connectivity index (χ0n) is 29.5. The first-order chi connectivity index (χ1) is 22.5. The largest absolute Gasteiger partial charge is 0.346 e. The fourth-order valence-electron chi connectivity index (χ4n) is 8.73. The molecule has 0 aromatic carbocycles. The molecule has 1 spiro atoms. The van der Waals surface area contributed by atoms with Gasteiger partial charge in [-0.2, -0.15) is 0 Å². The predicted molar refractivity (Wildman–Crippen MR) is 183 cm³/mol. The lowest BCUT2D eigenvalue weighted by Crippen LogP contribution is -2.64. The van der Waals surface area contributed by atoms with Crippen LogP contribution in [0.15, 0.2) is 12.7 Å². The summed E-state index contributed by atoms with van der Waals surface area (Å²) in [7, 11) is -3.38. The molecule has 270 valence electrons. The van der Waals surface area contributed by atoms with E-state index in [9.17, 15) is 32.4 Å². The molecular weight excluding hydrogens is 634 g/mol. The van der Waals surface area contributed by atoms with Gasteiger partial charge in [0.15, 0.2) is 9.84 Å². The van der Waals surface area contributed by atoms with Crippen molar-refractivity contribution in [2.75, 3.05) is 24.6 Å².